The van der Waals surface area contributed by atoms with Crippen LogP contribution in [0, 0.1) is 16.0 Å². The van der Waals surface area contributed by atoms with Crippen LogP contribution >= 0.6 is 35.0 Å². The number of thioether (sulfide) groups is 1. The van der Waals surface area contributed by atoms with Crippen LogP contribution in [0.2, 0.25) is 10.3 Å². The minimum absolute atomic E-state index is 0.205. The maximum Gasteiger partial charge on any atom is 0.343 e. The topological polar surface area (TPSA) is 68.9 Å². The molecule has 1 heterocycles. The summed E-state index contributed by atoms with van der Waals surface area (Å²) in [6.07, 6.45) is 2.45. The normalized spacial score (nSPS) is 15.1. The fourth-order valence-corrected chi connectivity index (χ4v) is 2.73. The van der Waals surface area contributed by atoms with Crippen LogP contribution in [0.3, 0.4) is 0 Å². The first-order valence-corrected chi connectivity index (χ1v) is 6.32. The van der Waals surface area contributed by atoms with Gasteiger partial charge in [0.25, 0.3) is 0 Å². The van der Waals surface area contributed by atoms with Crippen molar-refractivity contribution in [3.8, 4) is 0 Å². The standard InChI is InChI=1S/C8H7Cl2N3O2S/c9-6-5(13(14)15)7(10)12-8(11-6)16-3-4-1-2-4/h4H,1-3H2. The Hall–Kier alpha value is -0.590. The van der Waals surface area contributed by atoms with Crippen LogP contribution < -0.4 is 0 Å². The van der Waals surface area contributed by atoms with Crippen molar-refractivity contribution in [3.05, 3.63) is 20.4 Å². The van der Waals surface area contributed by atoms with Gasteiger partial charge in [-0.1, -0.05) is 35.0 Å². The number of aromatic nitrogens is 2. The van der Waals surface area contributed by atoms with Crippen molar-refractivity contribution >= 4 is 40.7 Å². The van der Waals surface area contributed by atoms with Gasteiger partial charge in [0.05, 0.1) is 4.92 Å². The van der Waals surface area contributed by atoms with Crippen molar-refractivity contribution in [2.75, 3.05) is 5.75 Å². The molecule has 0 radical (unpaired) electrons. The van der Waals surface area contributed by atoms with Crippen LogP contribution in [-0.4, -0.2) is 20.6 Å². The molecule has 0 bridgehead atoms. The Morgan fingerprint density at radius 3 is 2.38 bits per heavy atom. The molecule has 0 aliphatic heterocycles. The average Bonchev–Trinajstić information content (AvgIpc) is 2.96. The van der Waals surface area contributed by atoms with Crippen molar-refractivity contribution in [1.82, 2.24) is 9.97 Å². The molecule has 0 spiro atoms. The molecule has 1 saturated carbocycles. The van der Waals surface area contributed by atoms with Gasteiger partial charge < -0.3 is 0 Å². The molecule has 0 amide bonds. The zero-order valence-corrected chi connectivity index (χ0v) is 10.3. The van der Waals surface area contributed by atoms with Gasteiger partial charge in [0.1, 0.15) is 0 Å². The number of nitrogens with zero attached hydrogens (tertiary/aromatic N) is 3. The zero-order chi connectivity index (χ0) is 11.7. The molecule has 5 nitrogen and oxygen atoms in total. The predicted molar refractivity (Wildman–Crippen MR) is 62.2 cm³/mol. The quantitative estimate of drug-likeness (QED) is 0.278. The summed E-state index contributed by atoms with van der Waals surface area (Å²) in [6.45, 7) is 0. The molecule has 0 aromatic carbocycles. The van der Waals surface area contributed by atoms with Gasteiger partial charge >= 0.3 is 5.69 Å². The highest BCUT2D eigenvalue weighted by molar-refractivity contribution is 7.99. The van der Waals surface area contributed by atoms with E-state index in [9.17, 15) is 10.1 Å². The summed E-state index contributed by atoms with van der Waals surface area (Å²) >= 11 is 12.8. The molecule has 1 aliphatic carbocycles. The smallest absolute Gasteiger partial charge is 0.258 e. The van der Waals surface area contributed by atoms with Crippen molar-refractivity contribution in [3.63, 3.8) is 0 Å². The fourth-order valence-electron chi connectivity index (χ4n) is 1.08. The van der Waals surface area contributed by atoms with Gasteiger partial charge in [-0.3, -0.25) is 10.1 Å². The highest BCUT2D eigenvalue weighted by atomic mass is 35.5. The summed E-state index contributed by atoms with van der Waals surface area (Å²) in [5, 5.41) is 10.6. The lowest BCUT2D eigenvalue weighted by Crippen LogP contribution is -1.98. The van der Waals surface area contributed by atoms with E-state index in [0.29, 0.717) is 11.1 Å². The average molecular weight is 280 g/mol. The molecule has 0 N–H and O–H groups in total. The fraction of sp³-hybridized carbons (Fsp3) is 0.500. The van der Waals surface area contributed by atoms with Crippen LogP contribution in [0.5, 0.6) is 0 Å². The second kappa shape index (κ2) is 4.73. The van der Waals surface area contributed by atoms with Crippen molar-refractivity contribution < 1.29 is 4.92 Å². The van der Waals surface area contributed by atoms with Crippen LogP contribution in [0.4, 0.5) is 5.69 Å². The Morgan fingerprint density at radius 1 is 1.38 bits per heavy atom. The summed E-state index contributed by atoms with van der Waals surface area (Å²) in [4.78, 5) is 17.6. The van der Waals surface area contributed by atoms with Crippen LogP contribution in [0.1, 0.15) is 12.8 Å². The largest absolute Gasteiger partial charge is 0.343 e. The summed E-state index contributed by atoms with van der Waals surface area (Å²) in [5.41, 5.74) is -0.431. The Kier molecular flexibility index (Phi) is 3.51. The van der Waals surface area contributed by atoms with Gasteiger partial charge in [0.15, 0.2) is 5.16 Å². The van der Waals surface area contributed by atoms with Crippen LogP contribution in [-0.2, 0) is 0 Å². The van der Waals surface area contributed by atoms with Crippen molar-refractivity contribution in [1.29, 1.82) is 0 Å². The number of rotatable bonds is 4. The minimum Gasteiger partial charge on any atom is -0.258 e. The lowest BCUT2D eigenvalue weighted by atomic mass is 10.5. The summed E-state index contributed by atoms with van der Waals surface area (Å²) in [6, 6.07) is 0. The van der Waals surface area contributed by atoms with E-state index in [1.807, 2.05) is 0 Å². The molecule has 2 rings (SSSR count). The molecule has 8 heteroatoms. The van der Waals surface area contributed by atoms with E-state index >= 15 is 0 Å². The maximum atomic E-state index is 10.6. The van der Waals surface area contributed by atoms with E-state index in [2.05, 4.69) is 9.97 Å². The molecule has 1 aromatic heterocycles. The van der Waals surface area contributed by atoms with E-state index in [0.717, 1.165) is 5.75 Å². The number of hydrogen-bond acceptors (Lipinski definition) is 5. The lowest BCUT2D eigenvalue weighted by molar-refractivity contribution is -0.385. The van der Waals surface area contributed by atoms with Crippen LogP contribution in [0.25, 0.3) is 0 Å². The predicted octanol–water partition coefficient (Wildman–Crippen LogP) is 3.19. The molecule has 0 atom stereocenters. The molecule has 1 aromatic rings. The Balaban J connectivity index is 2.18. The third-order valence-electron chi connectivity index (χ3n) is 2.11. The van der Waals surface area contributed by atoms with Gasteiger partial charge in [0.2, 0.25) is 10.3 Å². The van der Waals surface area contributed by atoms with E-state index in [1.165, 1.54) is 24.6 Å². The molecule has 1 aliphatic rings. The van der Waals surface area contributed by atoms with Gasteiger partial charge in [-0.2, -0.15) is 0 Å². The van der Waals surface area contributed by atoms with Crippen molar-refractivity contribution in [2.24, 2.45) is 5.92 Å². The minimum atomic E-state index is -0.681. The van der Waals surface area contributed by atoms with Gasteiger partial charge in [-0.05, 0) is 18.8 Å². The molecule has 16 heavy (non-hydrogen) atoms. The molecular formula is C8H7Cl2N3O2S. The monoisotopic (exact) mass is 279 g/mol. The van der Waals surface area contributed by atoms with Crippen LogP contribution in [0.15, 0.2) is 5.16 Å². The van der Waals surface area contributed by atoms with Gasteiger partial charge in [-0.15, -0.1) is 0 Å². The molecule has 1 fully saturated rings. The Morgan fingerprint density at radius 2 is 1.94 bits per heavy atom. The van der Waals surface area contributed by atoms with Crippen molar-refractivity contribution in [2.45, 2.75) is 18.0 Å². The highest BCUT2D eigenvalue weighted by Crippen LogP contribution is 2.36. The third kappa shape index (κ3) is 2.75. The molecule has 0 unspecified atom stereocenters. The SMILES string of the molecule is O=[N+]([O-])c1c(Cl)nc(SCC2CC2)nc1Cl. The number of nitro groups is 1. The van der Waals surface area contributed by atoms with E-state index in [4.69, 9.17) is 23.2 Å². The second-order valence-corrected chi connectivity index (χ2v) is 5.15. The summed E-state index contributed by atoms with van der Waals surface area (Å²) in [5.74, 6) is 1.62. The van der Waals surface area contributed by atoms with E-state index in [1.54, 1.807) is 0 Å². The lowest BCUT2D eigenvalue weighted by Gasteiger charge is -2.01. The Labute approximate surface area is 106 Å². The molecule has 86 valence electrons. The molecule has 0 saturated heterocycles. The van der Waals surface area contributed by atoms with E-state index in [-0.39, 0.29) is 10.3 Å². The highest BCUT2D eigenvalue weighted by Gasteiger charge is 2.25. The molecular weight excluding hydrogens is 273 g/mol. The number of hydrogen-bond donors (Lipinski definition) is 0. The summed E-state index contributed by atoms with van der Waals surface area (Å²) in [7, 11) is 0. The zero-order valence-electron chi connectivity index (χ0n) is 8.02. The van der Waals surface area contributed by atoms with E-state index < -0.39 is 10.6 Å². The maximum absolute atomic E-state index is 10.6. The first-order valence-electron chi connectivity index (χ1n) is 4.58. The van der Waals surface area contributed by atoms with Gasteiger partial charge in [-0.25, -0.2) is 9.97 Å². The number of halogens is 2. The Bertz CT molecular complexity index is 416. The van der Waals surface area contributed by atoms with Gasteiger partial charge in [0, 0.05) is 5.75 Å². The first-order chi connectivity index (χ1) is 7.58. The second-order valence-electron chi connectivity index (χ2n) is 3.45. The third-order valence-corrected chi connectivity index (χ3v) is 3.71. The summed E-state index contributed by atoms with van der Waals surface area (Å²) < 4.78 is 0. The first kappa shape index (κ1) is 11.9.